The highest BCUT2D eigenvalue weighted by Crippen LogP contribution is 2.29. The normalized spacial score (nSPS) is 9.93. The molecule has 0 spiro atoms. The average molecular weight is 200 g/mol. The predicted molar refractivity (Wildman–Crippen MR) is 50.3 cm³/mol. The second kappa shape index (κ2) is 5.44. The van der Waals surface area contributed by atoms with Crippen molar-refractivity contribution in [1.29, 1.82) is 0 Å². The van der Waals surface area contributed by atoms with Gasteiger partial charge in [0.2, 0.25) is 0 Å². The quantitative estimate of drug-likeness (QED) is 0.679. The molecule has 0 aliphatic carbocycles. The smallest absolute Gasteiger partial charge is 0.197 e. The summed E-state index contributed by atoms with van der Waals surface area (Å²) in [6.45, 7) is 0.714. The van der Waals surface area contributed by atoms with Crippen LogP contribution in [0.3, 0.4) is 0 Å². The van der Waals surface area contributed by atoms with E-state index in [2.05, 4.69) is 0 Å². The molecule has 0 heterocycles. The van der Waals surface area contributed by atoms with Gasteiger partial charge in [0, 0.05) is 7.11 Å². The summed E-state index contributed by atoms with van der Waals surface area (Å²) in [5.74, 6) is 0.0913. The number of rotatable bonds is 5. The molecule has 3 nitrogen and oxygen atoms in total. The minimum Gasteiger partial charge on any atom is -0.493 e. The molecule has 1 aromatic carbocycles. The van der Waals surface area contributed by atoms with Crippen LogP contribution in [0.4, 0.5) is 4.39 Å². The lowest BCUT2D eigenvalue weighted by Crippen LogP contribution is -2.06. The summed E-state index contributed by atoms with van der Waals surface area (Å²) in [6, 6.07) is 4.53. The fraction of sp³-hybridized carbons (Fsp3) is 0.400. The van der Waals surface area contributed by atoms with E-state index in [-0.39, 0.29) is 5.75 Å². The molecule has 0 aliphatic heterocycles. The summed E-state index contributed by atoms with van der Waals surface area (Å²) in [6.07, 6.45) is 0. The van der Waals surface area contributed by atoms with Crippen molar-refractivity contribution in [3.8, 4) is 11.5 Å². The Morgan fingerprint density at radius 3 is 2.64 bits per heavy atom. The van der Waals surface area contributed by atoms with Crippen molar-refractivity contribution in [2.24, 2.45) is 0 Å². The summed E-state index contributed by atoms with van der Waals surface area (Å²) in [5, 5.41) is 0. The van der Waals surface area contributed by atoms with Crippen molar-refractivity contribution in [2.45, 2.75) is 0 Å². The van der Waals surface area contributed by atoms with Gasteiger partial charge < -0.3 is 14.2 Å². The minimum atomic E-state index is -0.430. The Kier molecular flexibility index (Phi) is 4.19. The number of hydrogen-bond donors (Lipinski definition) is 0. The zero-order valence-corrected chi connectivity index (χ0v) is 8.25. The molecule has 0 aromatic heterocycles. The van der Waals surface area contributed by atoms with E-state index in [4.69, 9.17) is 14.2 Å². The van der Waals surface area contributed by atoms with Gasteiger partial charge in [0.15, 0.2) is 17.3 Å². The van der Waals surface area contributed by atoms with Crippen LogP contribution < -0.4 is 9.47 Å². The van der Waals surface area contributed by atoms with Gasteiger partial charge in [-0.25, -0.2) is 4.39 Å². The van der Waals surface area contributed by atoms with Gasteiger partial charge in [-0.1, -0.05) is 6.07 Å². The van der Waals surface area contributed by atoms with Gasteiger partial charge in [-0.15, -0.1) is 0 Å². The summed E-state index contributed by atoms with van der Waals surface area (Å²) in [4.78, 5) is 0. The number of methoxy groups -OCH3 is 2. The molecule has 4 heteroatoms. The SMILES string of the molecule is COCCOc1c(F)cccc1OC. The van der Waals surface area contributed by atoms with Crippen LogP contribution in [0.25, 0.3) is 0 Å². The second-order valence-corrected chi connectivity index (χ2v) is 2.61. The number of benzene rings is 1. The van der Waals surface area contributed by atoms with Gasteiger partial charge >= 0.3 is 0 Å². The highest BCUT2D eigenvalue weighted by molar-refractivity contribution is 5.40. The van der Waals surface area contributed by atoms with Crippen molar-refractivity contribution in [3.63, 3.8) is 0 Å². The molecule has 0 radical (unpaired) electrons. The molecule has 1 rings (SSSR count). The van der Waals surface area contributed by atoms with Crippen LogP contribution in [-0.2, 0) is 4.74 Å². The lowest BCUT2D eigenvalue weighted by molar-refractivity contribution is 0.141. The Morgan fingerprint density at radius 2 is 2.00 bits per heavy atom. The molecular weight excluding hydrogens is 187 g/mol. The Labute approximate surface area is 82.4 Å². The minimum absolute atomic E-state index is 0.132. The Bertz CT molecular complexity index is 289. The monoisotopic (exact) mass is 200 g/mol. The van der Waals surface area contributed by atoms with Crippen molar-refractivity contribution in [2.75, 3.05) is 27.4 Å². The molecule has 0 atom stereocenters. The topological polar surface area (TPSA) is 27.7 Å². The lowest BCUT2D eigenvalue weighted by Gasteiger charge is -2.10. The molecule has 0 fully saturated rings. The van der Waals surface area contributed by atoms with E-state index in [1.165, 1.54) is 13.2 Å². The Balaban J connectivity index is 2.72. The molecule has 14 heavy (non-hydrogen) atoms. The van der Waals surface area contributed by atoms with E-state index in [9.17, 15) is 4.39 Å². The third-order valence-corrected chi connectivity index (χ3v) is 1.68. The highest BCUT2D eigenvalue weighted by atomic mass is 19.1. The van der Waals surface area contributed by atoms with Crippen LogP contribution >= 0.6 is 0 Å². The number of ether oxygens (including phenoxy) is 3. The third kappa shape index (κ3) is 2.60. The van der Waals surface area contributed by atoms with Crippen LogP contribution in [-0.4, -0.2) is 27.4 Å². The fourth-order valence-corrected chi connectivity index (χ4v) is 1.02. The lowest BCUT2D eigenvalue weighted by atomic mass is 10.3. The Morgan fingerprint density at radius 1 is 1.21 bits per heavy atom. The Hall–Kier alpha value is -1.29. The molecular formula is C10H13FO3. The van der Waals surface area contributed by atoms with Gasteiger partial charge in [0.05, 0.1) is 13.7 Å². The van der Waals surface area contributed by atoms with Crippen LogP contribution in [0, 0.1) is 5.82 Å². The number of para-hydroxylation sites is 1. The fourth-order valence-electron chi connectivity index (χ4n) is 1.02. The van der Waals surface area contributed by atoms with E-state index in [1.54, 1.807) is 19.2 Å². The molecule has 0 saturated heterocycles. The molecule has 0 N–H and O–H groups in total. The van der Waals surface area contributed by atoms with Gasteiger partial charge in [-0.2, -0.15) is 0 Å². The van der Waals surface area contributed by atoms with E-state index in [1.807, 2.05) is 0 Å². The third-order valence-electron chi connectivity index (χ3n) is 1.68. The van der Waals surface area contributed by atoms with Crippen molar-refractivity contribution < 1.29 is 18.6 Å². The largest absolute Gasteiger partial charge is 0.493 e. The van der Waals surface area contributed by atoms with Crippen LogP contribution in [0.1, 0.15) is 0 Å². The van der Waals surface area contributed by atoms with E-state index in [0.29, 0.717) is 19.0 Å². The van der Waals surface area contributed by atoms with E-state index < -0.39 is 5.82 Å². The van der Waals surface area contributed by atoms with Gasteiger partial charge in [0.25, 0.3) is 0 Å². The maximum atomic E-state index is 13.2. The maximum Gasteiger partial charge on any atom is 0.197 e. The first-order valence-electron chi connectivity index (χ1n) is 4.24. The number of halogens is 1. The number of hydrogen-bond acceptors (Lipinski definition) is 3. The van der Waals surface area contributed by atoms with Gasteiger partial charge in [-0.3, -0.25) is 0 Å². The highest BCUT2D eigenvalue weighted by Gasteiger charge is 2.09. The van der Waals surface area contributed by atoms with Crippen molar-refractivity contribution >= 4 is 0 Å². The van der Waals surface area contributed by atoms with Gasteiger partial charge in [-0.05, 0) is 12.1 Å². The van der Waals surface area contributed by atoms with Crippen LogP contribution in [0.5, 0.6) is 11.5 Å². The van der Waals surface area contributed by atoms with E-state index >= 15 is 0 Å². The molecule has 0 saturated carbocycles. The van der Waals surface area contributed by atoms with Crippen LogP contribution in [0.2, 0.25) is 0 Å². The zero-order chi connectivity index (χ0) is 10.4. The van der Waals surface area contributed by atoms with Crippen LogP contribution in [0.15, 0.2) is 18.2 Å². The molecule has 0 unspecified atom stereocenters. The van der Waals surface area contributed by atoms with Gasteiger partial charge in [0.1, 0.15) is 6.61 Å². The molecule has 0 aliphatic rings. The molecule has 0 bridgehead atoms. The first-order valence-corrected chi connectivity index (χ1v) is 4.24. The average Bonchev–Trinajstić information content (AvgIpc) is 2.20. The molecule has 78 valence electrons. The zero-order valence-electron chi connectivity index (χ0n) is 8.25. The molecule has 1 aromatic rings. The molecule has 0 amide bonds. The standard InChI is InChI=1S/C10H13FO3/c1-12-6-7-14-10-8(11)4-3-5-9(10)13-2/h3-5H,6-7H2,1-2H3. The summed E-state index contributed by atoms with van der Waals surface area (Å²) in [5.41, 5.74) is 0. The second-order valence-electron chi connectivity index (χ2n) is 2.61. The predicted octanol–water partition coefficient (Wildman–Crippen LogP) is 1.86. The van der Waals surface area contributed by atoms with Crippen molar-refractivity contribution in [1.82, 2.24) is 0 Å². The first kappa shape index (κ1) is 10.8. The maximum absolute atomic E-state index is 13.2. The summed E-state index contributed by atoms with van der Waals surface area (Å²) in [7, 11) is 3.03. The summed E-state index contributed by atoms with van der Waals surface area (Å²) >= 11 is 0. The van der Waals surface area contributed by atoms with Crippen molar-refractivity contribution in [3.05, 3.63) is 24.0 Å². The summed E-state index contributed by atoms with van der Waals surface area (Å²) < 4.78 is 28.1. The van der Waals surface area contributed by atoms with E-state index in [0.717, 1.165) is 0 Å². The first-order chi connectivity index (χ1) is 6.79.